The highest BCUT2D eigenvalue weighted by molar-refractivity contribution is 8.00. The molecular weight excluding hydrogens is 258 g/mol. The molecule has 18 heavy (non-hydrogen) atoms. The molecule has 0 aliphatic rings. The summed E-state index contributed by atoms with van der Waals surface area (Å²) in [6.07, 6.45) is 0. The number of aliphatic hydroxyl groups excluding tert-OH is 1. The summed E-state index contributed by atoms with van der Waals surface area (Å²) in [6.45, 7) is 1.72. The van der Waals surface area contributed by atoms with Crippen molar-refractivity contribution in [3.63, 3.8) is 0 Å². The van der Waals surface area contributed by atoms with Gasteiger partial charge < -0.3 is 9.84 Å². The van der Waals surface area contributed by atoms with E-state index in [1.54, 1.807) is 13.0 Å². The number of thioether (sulfide) groups is 1. The molecule has 0 saturated carbocycles. The average molecular weight is 271 g/mol. The SMILES string of the molecule is CCOC(=O)CSc1ccc(CO)cc1[N+](=O)[O-]. The Hall–Kier alpha value is -1.60. The number of ether oxygens (including phenoxy) is 1. The molecule has 98 valence electrons. The minimum atomic E-state index is -0.535. The normalized spacial score (nSPS) is 10.1. The van der Waals surface area contributed by atoms with Crippen molar-refractivity contribution in [1.82, 2.24) is 0 Å². The van der Waals surface area contributed by atoms with Gasteiger partial charge in [-0.2, -0.15) is 0 Å². The highest BCUT2D eigenvalue weighted by atomic mass is 32.2. The van der Waals surface area contributed by atoms with Crippen LogP contribution in [0, 0.1) is 10.1 Å². The largest absolute Gasteiger partial charge is 0.465 e. The van der Waals surface area contributed by atoms with Gasteiger partial charge in [0.15, 0.2) is 0 Å². The molecule has 0 fully saturated rings. The third-order valence-electron chi connectivity index (χ3n) is 2.05. The number of rotatable bonds is 6. The van der Waals surface area contributed by atoms with Crippen molar-refractivity contribution >= 4 is 23.4 Å². The number of nitrogens with zero attached hydrogens (tertiary/aromatic N) is 1. The number of hydrogen-bond donors (Lipinski definition) is 1. The van der Waals surface area contributed by atoms with E-state index >= 15 is 0 Å². The van der Waals surface area contributed by atoms with Gasteiger partial charge in [-0.1, -0.05) is 6.07 Å². The fraction of sp³-hybridized carbons (Fsp3) is 0.364. The van der Waals surface area contributed by atoms with Crippen molar-refractivity contribution in [2.24, 2.45) is 0 Å². The number of carbonyl (C=O) groups is 1. The van der Waals surface area contributed by atoms with Gasteiger partial charge in [-0.3, -0.25) is 14.9 Å². The molecule has 6 nitrogen and oxygen atoms in total. The summed E-state index contributed by atoms with van der Waals surface area (Å²) in [5.74, 6) is -0.393. The molecule has 0 radical (unpaired) electrons. The van der Waals surface area contributed by atoms with Crippen molar-refractivity contribution in [3.05, 3.63) is 33.9 Å². The molecule has 0 bridgehead atoms. The van der Waals surface area contributed by atoms with E-state index in [9.17, 15) is 14.9 Å². The second-order valence-electron chi connectivity index (χ2n) is 3.31. The van der Waals surface area contributed by atoms with E-state index in [4.69, 9.17) is 9.84 Å². The number of nitro benzene ring substituents is 1. The van der Waals surface area contributed by atoms with Crippen molar-refractivity contribution < 1.29 is 19.6 Å². The van der Waals surface area contributed by atoms with E-state index in [1.807, 2.05) is 0 Å². The summed E-state index contributed by atoms with van der Waals surface area (Å²) < 4.78 is 4.74. The van der Waals surface area contributed by atoms with Crippen LogP contribution in [0.15, 0.2) is 23.1 Å². The zero-order chi connectivity index (χ0) is 13.5. The summed E-state index contributed by atoms with van der Waals surface area (Å²) in [5, 5.41) is 19.8. The number of nitro groups is 1. The number of hydrogen-bond acceptors (Lipinski definition) is 6. The quantitative estimate of drug-likeness (QED) is 0.367. The van der Waals surface area contributed by atoms with E-state index in [-0.39, 0.29) is 24.7 Å². The number of aliphatic hydroxyl groups is 1. The van der Waals surface area contributed by atoms with Gasteiger partial charge in [-0.25, -0.2) is 0 Å². The van der Waals surface area contributed by atoms with E-state index in [1.165, 1.54) is 12.1 Å². The summed E-state index contributed by atoms with van der Waals surface area (Å²) in [5.41, 5.74) is 0.345. The smallest absolute Gasteiger partial charge is 0.316 e. The molecule has 0 spiro atoms. The van der Waals surface area contributed by atoms with E-state index in [0.29, 0.717) is 10.5 Å². The lowest BCUT2D eigenvalue weighted by atomic mass is 10.2. The van der Waals surface area contributed by atoms with E-state index in [0.717, 1.165) is 11.8 Å². The predicted octanol–water partition coefficient (Wildman–Crippen LogP) is 1.74. The molecule has 0 aliphatic heterocycles. The standard InChI is InChI=1S/C11H13NO5S/c1-2-17-11(14)7-18-10-4-3-8(6-13)5-9(10)12(15)16/h3-5,13H,2,6-7H2,1H3. The lowest BCUT2D eigenvalue weighted by molar-refractivity contribution is -0.387. The molecule has 7 heteroatoms. The number of benzene rings is 1. The van der Waals surface area contributed by atoms with Crippen molar-refractivity contribution in [1.29, 1.82) is 0 Å². The zero-order valence-electron chi connectivity index (χ0n) is 9.79. The van der Waals surface area contributed by atoms with Gasteiger partial charge in [-0.15, -0.1) is 11.8 Å². The molecular formula is C11H13NO5S. The highest BCUT2D eigenvalue weighted by Gasteiger charge is 2.16. The van der Waals surface area contributed by atoms with Crippen LogP contribution < -0.4 is 0 Å². The Balaban J connectivity index is 2.81. The lowest BCUT2D eigenvalue weighted by Gasteiger charge is -2.04. The molecule has 0 heterocycles. The fourth-order valence-corrected chi connectivity index (χ4v) is 2.07. The van der Waals surface area contributed by atoms with Gasteiger partial charge in [0.05, 0.1) is 28.8 Å². The maximum absolute atomic E-state index is 11.2. The maximum atomic E-state index is 11.2. The number of carbonyl (C=O) groups excluding carboxylic acids is 1. The molecule has 0 amide bonds. The first-order valence-corrected chi connectivity index (χ1v) is 6.23. The highest BCUT2D eigenvalue weighted by Crippen LogP contribution is 2.30. The van der Waals surface area contributed by atoms with Gasteiger partial charge in [-0.05, 0) is 18.6 Å². The Morgan fingerprint density at radius 3 is 2.83 bits per heavy atom. The number of esters is 1. The van der Waals surface area contributed by atoms with Crippen molar-refractivity contribution in [2.45, 2.75) is 18.4 Å². The third kappa shape index (κ3) is 4.01. The Morgan fingerprint density at radius 2 is 2.28 bits per heavy atom. The summed E-state index contributed by atoms with van der Waals surface area (Å²) in [6, 6.07) is 4.40. The van der Waals surface area contributed by atoms with Crippen LogP contribution in [0.25, 0.3) is 0 Å². The molecule has 0 saturated heterocycles. The van der Waals surface area contributed by atoms with Gasteiger partial charge >= 0.3 is 5.97 Å². The third-order valence-corrected chi connectivity index (χ3v) is 3.09. The van der Waals surface area contributed by atoms with Gasteiger partial charge in [0, 0.05) is 6.07 Å². The van der Waals surface area contributed by atoms with Crippen LogP contribution in [0.4, 0.5) is 5.69 Å². The van der Waals surface area contributed by atoms with Crippen molar-refractivity contribution in [3.8, 4) is 0 Å². The topological polar surface area (TPSA) is 89.7 Å². The van der Waals surface area contributed by atoms with Crippen LogP contribution in [0.2, 0.25) is 0 Å². The second-order valence-corrected chi connectivity index (χ2v) is 4.33. The fourth-order valence-electron chi connectivity index (χ4n) is 1.27. The molecule has 1 rings (SSSR count). The van der Waals surface area contributed by atoms with Crippen molar-refractivity contribution in [2.75, 3.05) is 12.4 Å². The molecule has 0 atom stereocenters. The first-order chi connectivity index (χ1) is 8.58. The molecule has 0 aromatic heterocycles. The summed E-state index contributed by atoms with van der Waals surface area (Å²) in [7, 11) is 0. The maximum Gasteiger partial charge on any atom is 0.316 e. The average Bonchev–Trinajstić information content (AvgIpc) is 2.36. The van der Waals surface area contributed by atoms with Crippen LogP contribution in [0.1, 0.15) is 12.5 Å². The minimum Gasteiger partial charge on any atom is -0.465 e. The van der Waals surface area contributed by atoms with Crippen LogP contribution in [0.5, 0.6) is 0 Å². The Bertz CT molecular complexity index is 449. The Kier molecular flexibility index (Phi) is 5.60. The molecule has 1 aromatic rings. The minimum absolute atomic E-state index is 0.0210. The first kappa shape index (κ1) is 14.5. The van der Waals surface area contributed by atoms with E-state index in [2.05, 4.69) is 0 Å². The van der Waals surface area contributed by atoms with Crippen LogP contribution in [-0.2, 0) is 16.1 Å². The first-order valence-electron chi connectivity index (χ1n) is 5.25. The second kappa shape index (κ2) is 6.97. The zero-order valence-corrected chi connectivity index (χ0v) is 10.6. The summed E-state index contributed by atoms with van der Waals surface area (Å²) in [4.78, 5) is 21.9. The predicted molar refractivity (Wildman–Crippen MR) is 66.4 cm³/mol. The molecule has 0 aliphatic carbocycles. The molecule has 1 aromatic carbocycles. The Morgan fingerprint density at radius 1 is 1.56 bits per heavy atom. The van der Waals surface area contributed by atoms with Gasteiger partial charge in [0.25, 0.3) is 5.69 Å². The van der Waals surface area contributed by atoms with Gasteiger partial charge in [0.1, 0.15) is 0 Å². The van der Waals surface area contributed by atoms with Crippen LogP contribution in [-0.4, -0.2) is 28.4 Å². The molecule has 0 unspecified atom stereocenters. The monoisotopic (exact) mass is 271 g/mol. The van der Waals surface area contributed by atoms with Gasteiger partial charge in [0.2, 0.25) is 0 Å². The van der Waals surface area contributed by atoms with E-state index < -0.39 is 10.9 Å². The Labute approximate surface area is 108 Å². The molecule has 1 N–H and O–H groups in total. The van der Waals surface area contributed by atoms with Crippen LogP contribution in [0.3, 0.4) is 0 Å². The lowest BCUT2D eigenvalue weighted by Crippen LogP contribution is -2.06. The summed E-state index contributed by atoms with van der Waals surface area (Å²) >= 11 is 1.04. The van der Waals surface area contributed by atoms with Crippen LogP contribution >= 0.6 is 11.8 Å².